The lowest BCUT2D eigenvalue weighted by Gasteiger charge is -2.43. The highest BCUT2D eigenvalue weighted by Gasteiger charge is 2.69. The molecule has 9 heteroatoms. The number of para-hydroxylation sites is 1. The molecule has 178 valence electrons. The molecule has 2 amide bonds. The number of thioether (sulfide) groups is 1. The number of amides is 2. The zero-order chi connectivity index (χ0) is 24.0. The van der Waals surface area contributed by atoms with Gasteiger partial charge in [0.05, 0.1) is 29.7 Å². The van der Waals surface area contributed by atoms with Crippen LogP contribution in [-0.4, -0.2) is 29.2 Å². The molecule has 0 radical (unpaired) electrons. The van der Waals surface area contributed by atoms with Gasteiger partial charge in [-0.3, -0.25) is 19.3 Å². The summed E-state index contributed by atoms with van der Waals surface area (Å²) in [5, 5.41) is 0.979. The van der Waals surface area contributed by atoms with E-state index in [1.165, 1.54) is 40.5 Å². The number of halogens is 1. The molecular formula is C26H21FN2O4S2. The maximum absolute atomic E-state index is 13.7. The van der Waals surface area contributed by atoms with Crippen LogP contribution in [0.3, 0.4) is 0 Å². The Hall–Kier alpha value is -2.91. The second kappa shape index (κ2) is 7.54. The first-order chi connectivity index (χ1) is 17.0. The number of hydrogen-bond acceptors (Lipinski definition) is 6. The molecule has 3 fully saturated rings. The minimum absolute atomic E-state index is 0.0182. The third kappa shape index (κ3) is 2.85. The number of aromatic nitrogens is 1. The second-order valence-corrected chi connectivity index (χ2v) is 11.9. The van der Waals surface area contributed by atoms with E-state index in [0.717, 1.165) is 27.6 Å². The Bertz CT molecular complexity index is 1430. The van der Waals surface area contributed by atoms with Gasteiger partial charge in [0.15, 0.2) is 0 Å². The van der Waals surface area contributed by atoms with Gasteiger partial charge >= 0.3 is 4.87 Å². The topological polar surface area (TPSA) is 79.5 Å². The van der Waals surface area contributed by atoms with Crippen molar-refractivity contribution in [2.45, 2.75) is 22.6 Å². The summed E-state index contributed by atoms with van der Waals surface area (Å²) in [6.45, 7) is 0. The zero-order valence-electron chi connectivity index (χ0n) is 18.6. The number of ether oxygens (including phenoxy) is 1. The predicted octanol–water partition coefficient (Wildman–Crippen LogP) is 4.26. The van der Waals surface area contributed by atoms with Crippen LogP contribution in [0.15, 0.2) is 58.4 Å². The Labute approximate surface area is 208 Å². The molecule has 3 aromatic rings. The van der Waals surface area contributed by atoms with Crippen molar-refractivity contribution >= 4 is 40.6 Å². The Morgan fingerprint density at radius 3 is 2.46 bits per heavy atom. The smallest absolute Gasteiger partial charge is 0.305 e. The highest BCUT2D eigenvalue weighted by Crippen LogP contribution is 2.69. The summed E-state index contributed by atoms with van der Waals surface area (Å²) in [5.74, 6) is -0.718. The zero-order valence-corrected chi connectivity index (χ0v) is 20.3. The first-order valence-electron chi connectivity index (χ1n) is 11.6. The Morgan fingerprint density at radius 1 is 1.00 bits per heavy atom. The number of H-pyrrole nitrogens is 1. The first kappa shape index (κ1) is 21.4. The number of imide groups is 1. The fraction of sp³-hybridized carbons (Fsp3) is 0.346. The van der Waals surface area contributed by atoms with E-state index in [2.05, 4.69) is 4.98 Å². The lowest BCUT2D eigenvalue weighted by molar-refractivity contribution is -0.123. The molecule has 2 aliphatic heterocycles. The molecule has 3 heterocycles. The molecule has 1 aromatic heterocycles. The van der Waals surface area contributed by atoms with Crippen LogP contribution in [0.1, 0.15) is 22.8 Å². The van der Waals surface area contributed by atoms with Crippen LogP contribution in [-0.2, 0) is 9.59 Å². The van der Waals surface area contributed by atoms with Crippen LogP contribution in [0.4, 0.5) is 10.1 Å². The summed E-state index contributed by atoms with van der Waals surface area (Å²) in [4.78, 5) is 44.8. The van der Waals surface area contributed by atoms with Gasteiger partial charge in [-0.25, -0.2) is 4.39 Å². The average molecular weight is 509 g/mol. The first-order valence-corrected chi connectivity index (χ1v) is 13.3. The van der Waals surface area contributed by atoms with Gasteiger partial charge in [-0.1, -0.05) is 29.5 Å². The third-order valence-corrected chi connectivity index (χ3v) is 10.9. The van der Waals surface area contributed by atoms with Crippen LogP contribution >= 0.6 is 23.1 Å². The van der Waals surface area contributed by atoms with Gasteiger partial charge < -0.3 is 9.72 Å². The van der Waals surface area contributed by atoms with E-state index >= 15 is 0 Å². The number of carbonyl (C=O) groups is 2. The van der Waals surface area contributed by atoms with E-state index in [1.807, 2.05) is 24.3 Å². The van der Waals surface area contributed by atoms with E-state index in [0.29, 0.717) is 5.69 Å². The Morgan fingerprint density at radius 2 is 1.71 bits per heavy atom. The number of methoxy groups -OCH3 is 1. The quantitative estimate of drug-likeness (QED) is 0.535. The fourth-order valence-electron chi connectivity index (χ4n) is 7.13. The molecule has 7 rings (SSSR count). The molecule has 2 aromatic carbocycles. The van der Waals surface area contributed by atoms with Gasteiger partial charge in [-0.05, 0) is 54.5 Å². The lowest BCUT2D eigenvalue weighted by atomic mass is 9.68. The van der Waals surface area contributed by atoms with Crippen LogP contribution in [0.2, 0.25) is 0 Å². The van der Waals surface area contributed by atoms with Gasteiger partial charge in [0.2, 0.25) is 11.8 Å². The summed E-state index contributed by atoms with van der Waals surface area (Å²) >= 11 is 2.89. The molecule has 7 atom stereocenters. The molecule has 6 nitrogen and oxygen atoms in total. The van der Waals surface area contributed by atoms with Gasteiger partial charge in [0.1, 0.15) is 11.6 Å². The summed E-state index contributed by atoms with van der Waals surface area (Å²) in [7, 11) is 1.64. The van der Waals surface area contributed by atoms with Crippen molar-refractivity contribution in [1.29, 1.82) is 0 Å². The van der Waals surface area contributed by atoms with E-state index < -0.39 is 11.7 Å². The number of nitrogens with zero attached hydrogens (tertiary/aromatic N) is 1. The number of nitrogens with one attached hydrogen (secondary N) is 1. The van der Waals surface area contributed by atoms with Gasteiger partial charge in [-0.2, -0.15) is 0 Å². The van der Waals surface area contributed by atoms with Crippen molar-refractivity contribution in [1.82, 2.24) is 4.98 Å². The van der Waals surface area contributed by atoms with Crippen molar-refractivity contribution < 1.29 is 18.7 Å². The molecule has 2 saturated carbocycles. The number of anilines is 1. The highest BCUT2D eigenvalue weighted by molar-refractivity contribution is 8.00. The highest BCUT2D eigenvalue weighted by atomic mass is 32.2. The average Bonchev–Trinajstić information content (AvgIpc) is 3.59. The van der Waals surface area contributed by atoms with Crippen molar-refractivity contribution in [2.75, 3.05) is 12.0 Å². The molecule has 35 heavy (non-hydrogen) atoms. The third-order valence-electron chi connectivity index (χ3n) is 8.28. The van der Waals surface area contributed by atoms with Crippen LogP contribution < -0.4 is 14.5 Å². The molecule has 0 unspecified atom stereocenters. The van der Waals surface area contributed by atoms with E-state index in [4.69, 9.17) is 4.74 Å². The molecular weight excluding hydrogens is 487 g/mol. The molecule has 2 aliphatic carbocycles. The number of benzene rings is 2. The summed E-state index contributed by atoms with van der Waals surface area (Å²) in [6.07, 6.45) is 0.817. The summed E-state index contributed by atoms with van der Waals surface area (Å²) < 4.78 is 19.2. The van der Waals surface area contributed by atoms with Gasteiger partial charge in [0, 0.05) is 21.6 Å². The SMILES string of the molecule is COc1ccccc1[C@H]1c2sc(=O)[nH]c2S[C@@H]2[C@H]3C[C@@H]([C@H]4C(=O)N(c5ccc(F)cc5)C(=O)[C@H]34)[C@@H]12. The van der Waals surface area contributed by atoms with E-state index in [1.54, 1.807) is 18.9 Å². The van der Waals surface area contributed by atoms with Crippen LogP contribution in [0.5, 0.6) is 5.75 Å². The molecule has 4 aliphatic rings. The van der Waals surface area contributed by atoms with E-state index in [-0.39, 0.29) is 51.5 Å². The van der Waals surface area contributed by atoms with Crippen LogP contribution in [0, 0.1) is 35.4 Å². The number of thiazole rings is 1. The summed E-state index contributed by atoms with van der Waals surface area (Å²) in [6, 6.07) is 13.4. The molecule has 1 saturated heterocycles. The maximum atomic E-state index is 13.7. The molecule has 0 spiro atoms. The van der Waals surface area contributed by atoms with Gasteiger partial charge in [0.25, 0.3) is 0 Å². The number of aromatic amines is 1. The maximum Gasteiger partial charge on any atom is 0.305 e. The monoisotopic (exact) mass is 508 g/mol. The Balaban J connectivity index is 1.34. The molecule has 1 N–H and O–H groups in total. The number of fused-ring (bicyclic) bond motifs is 9. The van der Waals surface area contributed by atoms with Crippen molar-refractivity contribution in [3.8, 4) is 5.75 Å². The summed E-state index contributed by atoms with van der Waals surface area (Å²) in [5.41, 5.74) is 1.44. The number of hydrogen-bond donors (Lipinski definition) is 1. The normalized spacial score (nSPS) is 32.5. The predicted molar refractivity (Wildman–Crippen MR) is 130 cm³/mol. The van der Waals surface area contributed by atoms with Crippen molar-refractivity contribution in [3.63, 3.8) is 0 Å². The lowest BCUT2D eigenvalue weighted by Crippen LogP contribution is -2.42. The van der Waals surface area contributed by atoms with Crippen molar-refractivity contribution in [2.24, 2.45) is 29.6 Å². The second-order valence-electron chi connectivity index (χ2n) is 9.69. The van der Waals surface area contributed by atoms with E-state index in [9.17, 15) is 18.8 Å². The minimum Gasteiger partial charge on any atom is -0.496 e. The standard InChI is InChI=1S/C26H21FN2O4S2/c1-33-16-5-3-2-4-13(16)17-18-14-10-15(21(18)34-23-22(17)35-26(32)28-23)20-19(14)24(30)29(25(20)31)12-8-6-11(27)7-9-12/h2-9,14-15,17-21H,10H2,1H3,(H,28,32)/t14-,15+,17-,18+,19-,20-,21-/m1/s1. The van der Waals surface area contributed by atoms with Crippen LogP contribution in [0.25, 0.3) is 0 Å². The Kier molecular flexibility index (Phi) is 4.61. The molecule has 2 bridgehead atoms. The number of rotatable bonds is 3. The minimum atomic E-state index is -0.407. The van der Waals surface area contributed by atoms with Crippen molar-refractivity contribution in [3.05, 3.63) is 74.5 Å². The fourth-order valence-corrected chi connectivity index (χ4v) is 10.0. The number of carbonyl (C=O) groups excluding carboxylic acids is 2. The van der Waals surface area contributed by atoms with Gasteiger partial charge in [-0.15, -0.1) is 11.8 Å². The largest absolute Gasteiger partial charge is 0.496 e.